The summed E-state index contributed by atoms with van der Waals surface area (Å²) in [5, 5.41) is 9.48. The summed E-state index contributed by atoms with van der Waals surface area (Å²) in [6.45, 7) is 2.38. The molecule has 3 rings (SSSR count). The standard InChI is InChI=1S/C19H21FN2O4S/c1-11-16-13(20)4-3-5-14(16)27-17(11)18(24)21(2)10-15(23)22-8-6-12(7-9-22)19(25)26/h3-5,12H,6-10H2,1-2H3,(H,25,26). The number of aryl methyl sites for hydroxylation is 1. The highest BCUT2D eigenvalue weighted by molar-refractivity contribution is 7.21. The zero-order chi connectivity index (χ0) is 19.7. The highest BCUT2D eigenvalue weighted by Gasteiger charge is 2.28. The number of fused-ring (bicyclic) bond motifs is 1. The number of thiophene rings is 1. The number of carbonyl (C=O) groups excluding carboxylic acids is 2. The van der Waals surface area contributed by atoms with Crippen molar-refractivity contribution in [2.45, 2.75) is 19.8 Å². The molecule has 1 N–H and O–H groups in total. The summed E-state index contributed by atoms with van der Waals surface area (Å²) >= 11 is 1.22. The predicted octanol–water partition coefficient (Wildman–Crippen LogP) is 2.74. The molecular weight excluding hydrogens is 371 g/mol. The quantitative estimate of drug-likeness (QED) is 0.868. The van der Waals surface area contributed by atoms with E-state index in [1.165, 1.54) is 22.3 Å². The lowest BCUT2D eigenvalue weighted by atomic mass is 9.97. The molecule has 27 heavy (non-hydrogen) atoms. The minimum Gasteiger partial charge on any atom is -0.481 e. The molecule has 0 unspecified atom stereocenters. The van der Waals surface area contributed by atoms with Crippen molar-refractivity contribution in [1.82, 2.24) is 9.80 Å². The van der Waals surface area contributed by atoms with Gasteiger partial charge in [0.05, 0.1) is 17.3 Å². The van der Waals surface area contributed by atoms with Gasteiger partial charge in [-0.25, -0.2) is 4.39 Å². The van der Waals surface area contributed by atoms with Crippen molar-refractivity contribution < 1.29 is 23.9 Å². The van der Waals surface area contributed by atoms with Gasteiger partial charge in [0, 0.05) is 30.2 Å². The van der Waals surface area contributed by atoms with Crippen molar-refractivity contribution in [1.29, 1.82) is 0 Å². The SMILES string of the molecule is Cc1c(C(=O)N(C)CC(=O)N2CCC(C(=O)O)CC2)sc2cccc(F)c12. The minimum atomic E-state index is -0.832. The summed E-state index contributed by atoms with van der Waals surface area (Å²) in [5.41, 5.74) is 0.583. The van der Waals surface area contributed by atoms with Crippen molar-refractivity contribution in [2.75, 3.05) is 26.7 Å². The number of piperidine rings is 1. The number of hydrogen-bond donors (Lipinski definition) is 1. The van der Waals surface area contributed by atoms with Gasteiger partial charge in [-0.05, 0) is 37.5 Å². The average molecular weight is 392 g/mol. The lowest BCUT2D eigenvalue weighted by molar-refractivity contribution is -0.145. The van der Waals surface area contributed by atoms with E-state index >= 15 is 0 Å². The Morgan fingerprint density at radius 3 is 2.56 bits per heavy atom. The fourth-order valence-electron chi connectivity index (χ4n) is 3.38. The van der Waals surface area contributed by atoms with Crippen molar-refractivity contribution in [3.8, 4) is 0 Å². The van der Waals surface area contributed by atoms with Crippen LogP contribution in [-0.2, 0) is 9.59 Å². The Kier molecular flexibility index (Phi) is 5.46. The first-order chi connectivity index (χ1) is 12.8. The zero-order valence-corrected chi connectivity index (χ0v) is 16.0. The van der Waals surface area contributed by atoms with Gasteiger partial charge in [0.2, 0.25) is 5.91 Å². The lowest BCUT2D eigenvalue weighted by Gasteiger charge is -2.31. The molecule has 0 atom stereocenters. The summed E-state index contributed by atoms with van der Waals surface area (Å²) in [5.74, 6) is -2.13. The van der Waals surface area contributed by atoms with E-state index in [4.69, 9.17) is 5.11 Å². The molecule has 2 heterocycles. The van der Waals surface area contributed by atoms with Gasteiger partial charge in [0.25, 0.3) is 5.91 Å². The Morgan fingerprint density at radius 1 is 1.30 bits per heavy atom. The summed E-state index contributed by atoms with van der Waals surface area (Å²) in [7, 11) is 1.55. The van der Waals surface area contributed by atoms with Crippen LogP contribution in [0.4, 0.5) is 4.39 Å². The van der Waals surface area contributed by atoms with Crippen LogP contribution in [0.25, 0.3) is 10.1 Å². The molecule has 1 aliphatic rings. The van der Waals surface area contributed by atoms with Crippen LogP contribution in [0.15, 0.2) is 18.2 Å². The fraction of sp³-hybridized carbons (Fsp3) is 0.421. The van der Waals surface area contributed by atoms with Crippen LogP contribution < -0.4 is 0 Å². The number of carbonyl (C=O) groups is 3. The van der Waals surface area contributed by atoms with Crippen molar-refractivity contribution in [3.05, 3.63) is 34.5 Å². The molecule has 1 aromatic heterocycles. The Labute approximate surface area is 160 Å². The molecule has 1 aromatic carbocycles. The molecule has 2 aromatic rings. The number of likely N-dealkylation sites (N-methyl/N-ethyl adjacent to an activating group) is 1. The number of benzene rings is 1. The van der Waals surface area contributed by atoms with E-state index in [2.05, 4.69) is 0 Å². The first kappa shape index (κ1) is 19.3. The molecule has 1 fully saturated rings. The van der Waals surface area contributed by atoms with Gasteiger partial charge in [0.1, 0.15) is 5.82 Å². The number of carboxylic acids is 1. The number of aliphatic carboxylic acids is 1. The number of rotatable bonds is 4. The number of likely N-dealkylation sites (tertiary alicyclic amines) is 1. The highest BCUT2D eigenvalue weighted by atomic mass is 32.1. The highest BCUT2D eigenvalue weighted by Crippen LogP contribution is 2.33. The number of nitrogens with zero attached hydrogens (tertiary/aromatic N) is 2. The Balaban J connectivity index is 1.68. The monoisotopic (exact) mass is 392 g/mol. The van der Waals surface area contributed by atoms with Crippen LogP contribution in [0.1, 0.15) is 28.1 Å². The van der Waals surface area contributed by atoms with Crippen LogP contribution in [0.2, 0.25) is 0 Å². The third-order valence-electron chi connectivity index (χ3n) is 5.01. The number of carboxylic acid groups (broad SMARTS) is 1. The van der Waals surface area contributed by atoms with E-state index in [-0.39, 0.29) is 24.2 Å². The molecule has 0 aliphatic carbocycles. The Bertz CT molecular complexity index is 902. The van der Waals surface area contributed by atoms with Gasteiger partial charge in [0.15, 0.2) is 0 Å². The van der Waals surface area contributed by atoms with E-state index in [9.17, 15) is 18.8 Å². The van der Waals surface area contributed by atoms with Gasteiger partial charge in [-0.2, -0.15) is 0 Å². The minimum absolute atomic E-state index is 0.0905. The van der Waals surface area contributed by atoms with Gasteiger partial charge in [-0.15, -0.1) is 11.3 Å². The largest absolute Gasteiger partial charge is 0.481 e. The molecular formula is C19H21FN2O4S. The molecule has 0 bridgehead atoms. The first-order valence-electron chi connectivity index (χ1n) is 8.73. The number of amides is 2. The first-order valence-corrected chi connectivity index (χ1v) is 9.55. The average Bonchev–Trinajstić information content (AvgIpc) is 2.99. The van der Waals surface area contributed by atoms with Gasteiger partial charge < -0.3 is 14.9 Å². The normalized spacial score (nSPS) is 15.1. The zero-order valence-electron chi connectivity index (χ0n) is 15.2. The topological polar surface area (TPSA) is 77.9 Å². The third kappa shape index (κ3) is 3.80. The lowest BCUT2D eigenvalue weighted by Crippen LogP contribution is -2.45. The van der Waals surface area contributed by atoms with E-state index < -0.39 is 11.9 Å². The van der Waals surface area contributed by atoms with Crippen LogP contribution in [0, 0.1) is 18.7 Å². The second-order valence-electron chi connectivity index (χ2n) is 6.82. The maximum Gasteiger partial charge on any atom is 0.306 e. The van der Waals surface area contributed by atoms with Crippen LogP contribution in [0.3, 0.4) is 0 Å². The second kappa shape index (κ2) is 7.64. The van der Waals surface area contributed by atoms with E-state index in [1.54, 1.807) is 31.0 Å². The van der Waals surface area contributed by atoms with Gasteiger partial charge in [-0.1, -0.05) is 6.07 Å². The third-order valence-corrected chi connectivity index (χ3v) is 6.26. The predicted molar refractivity (Wildman–Crippen MR) is 100 cm³/mol. The summed E-state index contributed by atoms with van der Waals surface area (Å²) < 4.78 is 14.7. The molecule has 2 amide bonds. The van der Waals surface area contributed by atoms with Crippen molar-refractivity contribution >= 4 is 39.2 Å². The number of hydrogen-bond acceptors (Lipinski definition) is 4. The van der Waals surface area contributed by atoms with E-state index in [1.807, 2.05) is 0 Å². The fourth-order valence-corrected chi connectivity index (χ4v) is 4.60. The molecule has 144 valence electrons. The Hall–Kier alpha value is -2.48. The Morgan fingerprint density at radius 2 is 1.96 bits per heavy atom. The molecule has 0 radical (unpaired) electrons. The van der Waals surface area contributed by atoms with E-state index in [0.29, 0.717) is 46.5 Å². The molecule has 6 nitrogen and oxygen atoms in total. The maximum absolute atomic E-state index is 14.0. The maximum atomic E-state index is 14.0. The summed E-state index contributed by atoms with van der Waals surface area (Å²) in [6, 6.07) is 4.74. The van der Waals surface area contributed by atoms with Crippen LogP contribution in [0.5, 0.6) is 0 Å². The molecule has 0 saturated carbocycles. The van der Waals surface area contributed by atoms with Crippen molar-refractivity contribution in [2.24, 2.45) is 5.92 Å². The van der Waals surface area contributed by atoms with Crippen LogP contribution in [-0.4, -0.2) is 59.4 Å². The second-order valence-corrected chi connectivity index (χ2v) is 7.88. The van der Waals surface area contributed by atoms with Crippen LogP contribution >= 0.6 is 11.3 Å². The smallest absolute Gasteiger partial charge is 0.306 e. The summed E-state index contributed by atoms with van der Waals surface area (Å²) in [6.07, 6.45) is 0.848. The molecule has 1 saturated heterocycles. The summed E-state index contributed by atoms with van der Waals surface area (Å²) in [4.78, 5) is 39.6. The number of halogens is 1. The van der Waals surface area contributed by atoms with Crippen molar-refractivity contribution in [3.63, 3.8) is 0 Å². The van der Waals surface area contributed by atoms with Gasteiger partial charge in [-0.3, -0.25) is 14.4 Å². The van der Waals surface area contributed by atoms with E-state index in [0.717, 1.165) is 0 Å². The van der Waals surface area contributed by atoms with Gasteiger partial charge >= 0.3 is 5.97 Å². The molecule has 8 heteroatoms. The molecule has 1 aliphatic heterocycles. The molecule has 0 spiro atoms.